The molecular weight excluding hydrogens is 212 g/mol. The summed E-state index contributed by atoms with van der Waals surface area (Å²) in [5.41, 5.74) is 5.31. The predicted octanol–water partition coefficient (Wildman–Crippen LogP) is 0.143. The number of carbonyl (C=O) groups is 1. The van der Waals surface area contributed by atoms with Crippen LogP contribution < -0.4 is 11.1 Å². The fourth-order valence-electron chi connectivity index (χ4n) is 1.83. The first-order valence-electron chi connectivity index (χ1n) is 5.50. The first-order valence-corrected chi connectivity index (χ1v) is 6.99. The van der Waals surface area contributed by atoms with Gasteiger partial charge in [0, 0.05) is 28.9 Å². The van der Waals surface area contributed by atoms with Gasteiger partial charge in [-0.15, -0.1) is 0 Å². The van der Waals surface area contributed by atoms with E-state index in [1.165, 1.54) is 0 Å². The van der Waals surface area contributed by atoms with E-state index >= 15 is 0 Å². The molecule has 1 fully saturated rings. The van der Waals surface area contributed by atoms with Crippen LogP contribution in [0.15, 0.2) is 0 Å². The molecule has 1 aliphatic rings. The topological polar surface area (TPSA) is 72.2 Å². The number of hydrogen-bond acceptors (Lipinski definition) is 3. The van der Waals surface area contributed by atoms with Crippen LogP contribution in [-0.2, 0) is 15.6 Å². The molecule has 0 aromatic rings. The van der Waals surface area contributed by atoms with Crippen molar-refractivity contribution < 1.29 is 9.00 Å². The Morgan fingerprint density at radius 2 is 2.07 bits per heavy atom. The third-order valence-corrected chi connectivity index (χ3v) is 4.19. The first kappa shape index (κ1) is 12.6. The van der Waals surface area contributed by atoms with Crippen molar-refractivity contribution in [3.8, 4) is 0 Å². The van der Waals surface area contributed by atoms with Crippen LogP contribution in [0.5, 0.6) is 0 Å². The van der Waals surface area contributed by atoms with Gasteiger partial charge in [-0.05, 0) is 12.8 Å². The molecule has 88 valence electrons. The van der Waals surface area contributed by atoms with E-state index in [0.29, 0.717) is 18.1 Å². The Hall–Kier alpha value is -0.420. The Kier molecular flexibility index (Phi) is 4.73. The number of nitrogens with one attached hydrogen (secondary N) is 1. The van der Waals surface area contributed by atoms with Gasteiger partial charge in [0.1, 0.15) is 0 Å². The molecule has 3 N–H and O–H groups in total. The lowest BCUT2D eigenvalue weighted by molar-refractivity contribution is -0.126. The Bertz CT molecular complexity index is 250. The molecule has 1 unspecified atom stereocenters. The molecule has 0 saturated heterocycles. The summed E-state index contributed by atoms with van der Waals surface area (Å²) in [5.74, 6) is 1.09. The second kappa shape index (κ2) is 5.61. The number of carbonyl (C=O) groups excluding carboxylic acids is 1. The first-order chi connectivity index (χ1) is 7.08. The molecule has 0 aliphatic heterocycles. The monoisotopic (exact) mass is 232 g/mol. The minimum Gasteiger partial charge on any atom is -0.354 e. The normalized spacial score (nSPS) is 21.2. The highest BCUT2D eigenvalue weighted by atomic mass is 32.2. The SMILES string of the molecule is CCS(=O)CCNC(=O)C1(N)CCCC1. The van der Waals surface area contributed by atoms with Crippen molar-refractivity contribution in [2.24, 2.45) is 5.73 Å². The molecule has 0 aromatic heterocycles. The lowest BCUT2D eigenvalue weighted by Gasteiger charge is -2.22. The number of rotatable bonds is 5. The average Bonchev–Trinajstić information content (AvgIpc) is 2.66. The highest BCUT2D eigenvalue weighted by molar-refractivity contribution is 7.84. The maximum Gasteiger partial charge on any atom is 0.240 e. The molecule has 0 radical (unpaired) electrons. The molecule has 0 spiro atoms. The fourth-order valence-corrected chi connectivity index (χ4v) is 2.45. The van der Waals surface area contributed by atoms with Crippen molar-refractivity contribution in [1.29, 1.82) is 0 Å². The third-order valence-electron chi connectivity index (χ3n) is 2.89. The standard InChI is InChI=1S/C10H20N2O2S/c1-2-15(14)8-7-12-9(13)10(11)5-3-4-6-10/h2-8,11H2,1H3,(H,12,13). The summed E-state index contributed by atoms with van der Waals surface area (Å²) in [5, 5.41) is 2.77. The fraction of sp³-hybridized carbons (Fsp3) is 0.900. The summed E-state index contributed by atoms with van der Waals surface area (Å²) in [7, 11) is -0.814. The molecule has 1 saturated carbocycles. The van der Waals surface area contributed by atoms with Gasteiger partial charge in [0.05, 0.1) is 5.54 Å². The Labute approximate surface area is 93.4 Å². The van der Waals surface area contributed by atoms with Crippen LogP contribution >= 0.6 is 0 Å². The third kappa shape index (κ3) is 3.57. The number of amides is 1. The minimum atomic E-state index is -0.814. The van der Waals surface area contributed by atoms with Gasteiger partial charge in [0.2, 0.25) is 5.91 Å². The zero-order chi connectivity index (χ0) is 11.3. The zero-order valence-electron chi connectivity index (χ0n) is 9.25. The van der Waals surface area contributed by atoms with Crippen LogP contribution in [0, 0.1) is 0 Å². The van der Waals surface area contributed by atoms with Gasteiger partial charge >= 0.3 is 0 Å². The van der Waals surface area contributed by atoms with Crippen molar-refractivity contribution in [3.05, 3.63) is 0 Å². The van der Waals surface area contributed by atoms with E-state index in [-0.39, 0.29) is 5.91 Å². The van der Waals surface area contributed by atoms with Crippen molar-refractivity contribution in [2.75, 3.05) is 18.1 Å². The van der Waals surface area contributed by atoms with Crippen LogP contribution in [0.25, 0.3) is 0 Å². The molecule has 1 rings (SSSR count). The van der Waals surface area contributed by atoms with Crippen molar-refractivity contribution in [2.45, 2.75) is 38.1 Å². The van der Waals surface area contributed by atoms with E-state index in [2.05, 4.69) is 5.32 Å². The van der Waals surface area contributed by atoms with Gasteiger partial charge in [0.15, 0.2) is 0 Å². The zero-order valence-corrected chi connectivity index (χ0v) is 10.1. The highest BCUT2D eigenvalue weighted by Crippen LogP contribution is 2.26. The quantitative estimate of drug-likeness (QED) is 0.708. The van der Waals surface area contributed by atoms with Gasteiger partial charge in [-0.1, -0.05) is 19.8 Å². The van der Waals surface area contributed by atoms with Gasteiger partial charge in [-0.25, -0.2) is 0 Å². The molecule has 15 heavy (non-hydrogen) atoms. The maximum absolute atomic E-state index is 11.7. The molecule has 0 aromatic carbocycles. The Morgan fingerprint density at radius 3 is 2.60 bits per heavy atom. The highest BCUT2D eigenvalue weighted by Gasteiger charge is 2.36. The van der Waals surface area contributed by atoms with Gasteiger partial charge in [0.25, 0.3) is 0 Å². The second-order valence-electron chi connectivity index (χ2n) is 4.05. The smallest absolute Gasteiger partial charge is 0.240 e. The average molecular weight is 232 g/mol. The summed E-state index contributed by atoms with van der Waals surface area (Å²) in [4.78, 5) is 11.7. The van der Waals surface area contributed by atoms with E-state index in [9.17, 15) is 9.00 Å². The molecule has 0 heterocycles. The van der Waals surface area contributed by atoms with Gasteiger partial charge in [-0.2, -0.15) is 0 Å². The van der Waals surface area contributed by atoms with Crippen LogP contribution in [0.1, 0.15) is 32.6 Å². The maximum atomic E-state index is 11.7. The van der Waals surface area contributed by atoms with Crippen molar-refractivity contribution >= 4 is 16.7 Å². The molecule has 0 bridgehead atoms. The van der Waals surface area contributed by atoms with Gasteiger partial charge in [-0.3, -0.25) is 9.00 Å². The molecule has 1 aliphatic carbocycles. The lowest BCUT2D eigenvalue weighted by atomic mass is 9.98. The van der Waals surface area contributed by atoms with E-state index in [0.717, 1.165) is 25.7 Å². The van der Waals surface area contributed by atoms with Crippen LogP contribution in [0.3, 0.4) is 0 Å². The van der Waals surface area contributed by atoms with Crippen LogP contribution in [0.2, 0.25) is 0 Å². The molecular formula is C10H20N2O2S. The molecule has 5 heteroatoms. The largest absolute Gasteiger partial charge is 0.354 e. The van der Waals surface area contributed by atoms with Crippen LogP contribution in [-0.4, -0.2) is 33.7 Å². The van der Waals surface area contributed by atoms with Gasteiger partial charge < -0.3 is 11.1 Å². The van der Waals surface area contributed by atoms with E-state index in [1.807, 2.05) is 6.92 Å². The van der Waals surface area contributed by atoms with E-state index < -0.39 is 16.3 Å². The summed E-state index contributed by atoms with van der Waals surface area (Å²) < 4.78 is 11.1. The Morgan fingerprint density at radius 1 is 1.47 bits per heavy atom. The molecule has 1 amide bonds. The van der Waals surface area contributed by atoms with E-state index in [1.54, 1.807) is 0 Å². The van der Waals surface area contributed by atoms with Crippen molar-refractivity contribution in [1.82, 2.24) is 5.32 Å². The lowest BCUT2D eigenvalue weighted by Crippen LogP contribution is -2.52. The van der Waals surface area contributed by atoms with Crippen molar-refractivity contribution in [3.63, 3.8) is 0 Å². The summed E-state index contributed by atoms with van der Waals surface area (Å²) in [6, 6.07) is 0. The number of hydrogen-bond donors (Lipinski definition) is 2. The number of nitrogens with two attached hydrogens (primary N) is 1. The predicted molar refractivity (Wildman–Crippen MR) is 61.9 cm³/mol. The Balaban J connectivity index is 2.26. The molecule has 1 atom stereocenters. The summed E-state index contributed by atoms with van der Waals surface area (Å²) in [6.45, 7) is 2.34. The summed E-state index contributed by atoms with van der Waals surface area (Å²) in [6.07, 6.45) is 3.61. The van der Waals surface area contributed by atoms with E-state index in [4.69, 9.17) is 5.73 Å². The summed E-state index contributed by atoms with van der Waals surface area (Å²) >= 11 is 0. The second-order valence-corrected chi connectivity index (χ2v) is 5.92. The molecule has 4 nitrogen and oxygen atoms in total. The minimum absolute atomic E-state index is 0.0758. The van der Waals surface area contributed by atoms with Crippen LogP contribution in [0.4, 0.5) is 0 Å².